The summed E-state index contributed by atoms with van der Waals surface area (Å²) in [5.74, 6) is 1.00. The zero-order chi connectivity index (χ0) is 15.4. The molecule has 6 heteroatoms. The van der Waals surface area contributed by atoms with E-state index in [1.165, 1.54) is 6.07 Å². The maximum absolute atomic E-state index is 10.8. The highest BCUT2D eigenvalue weighted by atomic mass is 16.6. The SMILES string of the molecule is O=[N+]([O-])c1cccc(CN[C@@H]2CCN(c3ccccn3)C2)c1. The van der Waals surface area contributed by atoms with Crippen molar-refractivity contribution in [3.63, 3.8) is 0 Å². The number of hydrogen-bond acceptors (Lipinski definition) is 5. The van der Waals surface area contributed by atoms with Gasteiger partial charge in [-0.3, -0.25) is 10.1 Å². The highest BCUT2D eigenvalue weighted by Gasteiger charge is 2.22. The van der Waals surface area contributed by atoms with E-state index in [2.05, 4.69) is 15.2 Å². The number of non-ortho nitro benzene ring substituents is 1. The Kier molecular flexibility index (Phi) is 4.29. The molecule has 6 nitrogen and oxygen atoms in total. The fourth-order valence-corrected chi connectivity index (χ4v) is 2.72. The van der Waals surface area contributed by atoms with Gasteiger partial charge < -0.3 is 10.2 Å². The molecule has 1 aromatic heterocycles. The number of nitrogens with one attached hydrogen (secondary N) is 1. The molecule has 1 saturated heterocycles. The standard InChI is InChI=1S/C16H18N4O2/c21-20(22)15-5-3-4-13(10-15)11-18-14-7-9-19(12-14)16-6-1-2-8-17-16/h1-6,8,10,14,18H,7,9,11-12H2/t14-/m1/s1. The van der Waals surface area contributed by atoms with Crippen LogP contribution in [0.1, 0.15) is 12.0 Å². The molecule has 0 bridgehead atoms. The number of nitrogens with zero attached hydrogens (tertiary/aromatic N) is 3. The van der Waals surface area contributed by atoms with Gasteiger partial charge in [-0.15, -0.1) is 0 Å². The molecule has 0 saturated carbocycles. The summed E-state index contributed by atoms with van der Waals surface area (Å²) in [6.45, 7) is 2.53. The molecule has 0 amide bonds. The lowest BCUT2D eigenvalue weighted by Crippen LogP contribution is -2.32. The Morgan fingerprint density at radius 3 is 3.00 bits per heavy atom. The minimum atomic E-state index is -0.359. The second kappa shape index (κ2) is 6.53. The molecular weight excluding hydrogens is 280 g/mol. The van der Waals surface area contributed by atoms with Crippen LogP contribution in [0.3, 0.4) is 0 Å². The van der Waals surface area contributed by atoms with Crippen molar-refractivity contribution in [3.05, 3.63) is 64.3 Å². The number of hydrogen-bond donors (Lipinski definition) is 1. The molecule has 0 radical (unpaired) electrons. The zero-order valence-corrected chi connectivity index (χ0v) is 12.2. The van der Waals surface area contributed by atoms with Crippen LogP contribution in [0.15, 0.2) is 48.7 Å². The lowest BCUT2D eigenvalue weighted by Gasteiger charge is -2.17. The number of nitro benzene ring substituents is 1. The van der Waals surface area contributed by atoms with Crippen LogP contribution in [0.2, 0.25) is 0 Å². The van der Waals surface area contributed by atoms with Gasteiger partial charge in [-0.2, -0.15) is 0 Å². The summed E-state index contributed by atoms with van der Waals surface area (Å²) < 4.78 is 0. The van der Waals surface area contributed by atoms with E-state index in [0.717, 1.165) is 30.9 Å². The Morgan fingerprint density at radius 1 is 1.32 bits per heavy atom. The zero-order valence-electron chi connectivity index (χ0n) is 12.2. The average Bonchev–Trinajstić information content (AvgIpc) is 3.03. The highest BCUT2D eigenvalue weighted by molar-refractivity contribution is 5.39. The molecule has 2 heterocycles. The molecule has 1 N–H and O–H groups in total. The first kappa shape index (κ1) is 14.5. The van der Waals surface area contributed by atoms with Gasteiger partial charge in [-0.05, 0) is 24.1 Å². The Labute approximate surface area is 128 Å². The van der Waals surface area contributed by atoms with E-state index in [1.54, 1.807) is 18.3 Å². The number of benzene rings is 1. The van der Waals surface area contributed by atoms with Crippen LogP contribution < -0.4 is 10.2 Å². The summed E-state index contributed by atoms with van der Waals surface area (Å²) in [5.41, 5.74) is 1.08. The van der Waals surface area contributed by atoms with Crippen molar-refractivity contribution in [2.75, 3.05) is 18.0 Å². The number of anilines is 1. The summed E-state index contributed by atoms with van der Waals surface area (Å²) in [5, 5.41) is 14.3. The Hall–Kier alpha value is -2.47. The molecule has 0 unspecified atom stereocenters. The minimum Gasteiger partial charge on any atom is -0.355 e. The maximum Gasteiger partial charge on any atom is 0.269 e. The van der Waals surface area contributed by atoms with Gasteiger partial charge in [0.1, 0.15) is 5.82 Å². The van der Waals surface area contributed by atoms with Gasteiger partial charge in [0.15, 0.2) is 0 Å². The lowest BCUT2D eigenvalue weighted by molar-refractivity contribution is -0.384. The van der Waals surface area contributed by atoms with Crippen molar-refractivity contribution < 1.29 is 4.92 Å². The summed E-state index contributed by atoms with van der Waals surface area (Å²) in [7, 11) is 0. The van der Waals surface area contributed by atoms with Crippen LogP contribution in [-0.2, 0) is 6.54 Å². The smallest absolute Gasteiger partial charge is 0.269 e. The molecule has 114 valence electrons. The van der Waals surface area contributed by atoms with Gasteiger partial charge in [0.25, 0.3) is 5.69 Å². The average molecular weight is 298 g/mol. The van der Waals surface area contributed by atoms with E-state index >= 15 is 0 Å². The van der Waals surface area contributed by atoms with Crippen molar-refractivity contribution >= 4 is 11.5 Å². The van der Waals surface area contributed by atoms with E-state index in [0.29, 0.717) is 12.6 Å². The van der Waals surface area contributed by atoms with E-state index in [1.807, 2.05) is 24.3 Å². The van der Waals surface area contributed by atoms with E-state index in [-0.39, 0.29) is 10.6 Å². The highest BCUT2D eigenvalue weighted by Crippen LogP contribution is 2.18. The quantitative estimate of drug-likeness (QED) is 0.677. The van der Waals surface area contributed by atoms with Crippen LogP contribution in [0.25, 0.3) is 0 Å². The third-order valence-electron chi connectivity index (χ3n) is 3.88. The van der Waals surface area contributed by atoms with Gasteiger partial charge >= 0.3 is 0 Å². The first-order chi connectivity index (χ1) is 10.7. The van der Waals surface area contributed by atoms with Crippen LogP contribution >= 0.6 is 0 Å². The van der Waals surface area contributed by atoms with Gasteiger partial charge in [0, 0.05) is 44.0 Å². The molecule has 1 aliphatic heterocycles. The second-order valence-electron chi connectivity index (χ2n) is 5.43. The maximum atomic E-state index is 10.8. The third-order valence-corrected chi connectivity index (χ3v) is 3.88. The van der Waals surface area contributed by atoms with Gasteiger partial charge in [0.05, 0.1) is 4.92 Å². The number of rotatable bonds is 5. The molecule has 0 spiro atoms. The van der Waals surface area contributed by atoms with Crippen LogP contribution in [0, 0.1) is 10.1 Å². The third kappa shape index (κ3) is 3.40. The number of pyridine rings is 1. The van der Waals surface area contributed by atoms with Crippen molar-refractivity contribution in [2.24, 2.45) is 0 Å². The molecular formula is C16H18N4O2. The predicted molar refractivity (Wildman–Crippen MR) is 84.8 cm³/mol. The Balaban J connectivity index is 1.55. The van der Waals surface area contributed by atoms with Crippen molar-refractivity contribution in [1.82, 2.24) is 10.3 Å². The normalized spacial score (nSPS) is 17.6. The predicted octanol–water partition coefficient (Wildman–Crippen LogP) is 2.36. The first-order valence-electron chi connectivity index (χ1n) is 7.35. The molecule has 1 aliphatic rings. The molecule has 0 aliphatic carbocycles. The van der Waals surface area contributed by atoms with Gasteiger partial charge in [-0.25, -0.2) is 4.98 Å². The first-order valence-corrected chi connectivity index (χ1v) is 7.35. The molecule has 2 aromatic rings. The van der Waals surface area contributed by atoms with Crippen LogP contribution in [-0.4, -0.2) is 29.0 Å². The van der Waals surface area contributed by atoms with E-state index in [4.69, 9.17) is 0 Å². The minimum absolute atomic E-state index is 0.140. The van der Waals surface area contributed by atoms with Crippen molar-refractivity contribution in [3.8, 4) is 0 Å². The van der Waals surface area contributed by atoms with Gasteiger partial charge in [0.2, 0.25) is 0 Å². The molecule has 1 atom stereocenters. The van der Waals surface area contributed by atoms with Crippen molar-refractivity contribution in [1.29, 1.82) is 0 Å². The van der Waals surface area contributed by atoms with E-state index < -0.39 is 0 Å². The van der Waals surface area contributed by atoms with E-state index in [9.17, 15) is 10.1 Å². The molecule has 22 heavy (non-hydrogen) atoms. The Morgan fingerprint density at radius 2 is 2.23 bits per heavy atom. The Bertz CT molecular complexity index is 648. The topological polar surface area (TPSA) is 71.3 Å². The fourth-order valence-electron chi connectivity index (χ4n) is 2.72. The summed E-state index contributed by atoms with van der Waals surface area (Å²) in [6.07, 6.45) is 2.85. The molecule has 1 aromatic carbocycles. The monoisotopic (exact) mass is 298 g/mol. The lowest BCUT2D eigenvalue weighted by atomic mass is 10.2. The number of aromatic nitrogens is 1. The number of nitro groups is 1. The van der Waals surface area contributed by atoms with Gasteiger partial charge in [-0.1, -0.05) is 18.2 Å². The summed E-state index contributed by atoms with van der Waals surface area (Å²) in [6, 6.07) is 13.1. The second-order valence-corrected chi connectivity index (χ2v) is 5.43. The summed E-state index contributed by atoms with van der Waals surface area (Å²) in [4.78, 5) is 17.0. The molecule has 1 fully saturated rings. The van der Waals surface area contributed by atoms with Crippen LogP contribution in [0.5, 0.6) is 0 Å². The summed E-state index contributed by atoms with van der Waals surface area (Å²) >= 11 is 0. The van der Waals surface area contributed by atoms with Crippen LogP contribution in [0.4, 0.5) is 11.5 Å². The largest absolute Gasteiger partial charge is 0.355 e. The fraction of sp³-hybridized carbons (Fsp3) is 0.312. The van der Waals surface area contributed by atoms with Crippen molar-refractivity contribution in [2.45, 2.75) is 19.0 Å². The molecule has 3 rings (SSSR count).